The van der Waals surface area contributed by atoms with Crippen molar-refractivity contribution in [1.29, 1.82) is 0 Å². The van der Waals surface area contributed by atoms with Gasteiger partial charge in [-0.25, -0.2) is 4.98 Å². The van der Waals surface area contributed by atoms with Crippen molar-refractivity contribution in [3.8, 4) is 0 Å². The molecule has 2 aliphatic rings. The van der Waals surface area contributed by atoms with E-state index in [-0.39, 0.29) is 11.8 Å². The minimum Gasteiger partial charge on any atom is -0.356 e. The number of carbonyl (C=O) groups is 1. The van der Waals surface area contributed by atoms with Crippen LogP contribution in [0.3, 0.4) is 0 Å². The van der Waals surface area contributed by atoms with E-state index in [4.69, 9.17) is 0 Å². The van der Waals surface area contributed by atoms with Crippen molar-refractivity contribution >= 4 is 11.7 Å². The average Bonchev–Trinajstić information content (AvgIpc) is 2.61. The van der Waals surface area contributed by atoms with Gasteiger partial charge in [0.2, 0.25) is 5.91 Å². The molecule has 1 aliphatic heterocycles. The Labute approximate surface area is 132 Å². The van der Waals surface area contributed by atoms with Gasteiger partial charge in [-0.05, 0) is 50.7 Å². The van der Waals surface area contributed by atoms with E-state index in [1.807, 2.05) is 24.4 Å². The lowest BCUT2D eigenvalue weighted by atomic mass is 9.96. The molecule has 22 heavy (non-hydrogen) atoms. The summed E-state index contributed by atoms with van der Waals surface area (Å²) in [6.07, 6.45) is 11.0. The van der Waals surface area contributed by atoms with E-state index < -0.39 is 0 Å². The zero-order valence-corrected chi connectivity index (χ0v) is 13.1. The monoisotopic (exact) mass is 299 g/mol. The molecule has 4 heteroatoms. The summed E-state index contributed by atoms with van der Waals surface area (Å²) in [6.45, 7) is 2.51. The number of carbonyl (C=O) groups excluding carboxylic acids is 1. The molecule has 2 heterocycles. The van der Waals surface area contributed by atoms with Crippen LogP contribution in [-0.2, 0) is 4.79 Å². The van der Waals surface area contributed by atoms with E-state index in [1.165, 1.54) is 24.8 Å². The average molecular weight is 299 g/mol. The first-order valence-electron chi connectivity index (χ1n) is 8.44. The smallest absolute Gasteiger partial charge is 0.225 e. The first kappa shape index (κ1) is 15.1. The van der Waals surface area contributed by atoms with Crippen LogP contribution in [0.5, 0.6) is 0 Å². The summed E-state index contributed by atoms with van der Waals surface area (Å²) in [5, 5.41) is 3.14. The minimum atomic E-state index is 0.0833. The Balaban J connectivity index is 1.53. The molecular formula is C18H25N3O. The van der Waals surface area contributed by atoms with Crippen LogP contribution in [0.15, 0.2) is 36.0 Å². The van der Waals surface area contributed by atoms with Gasteiger partial charge in [-0.1, -0.05) is 17.7 Å². The maximum atomic E-state index is 12.4. The first-order valence-corrected chi connectivity index (χ1v) is 8.44. The second-order valence-electron chi connectivity index (χ2n) is 6.30. The van der Waals surface area contributed by atoms with Gasteiger partial charge in [-0.2, -0.15) is 0 Å². The SMILES string of the molecule is O=C(NCC1=CCCCC1)C1CCCN(c2ccccn2)C1. The lowest BCUT2D eigenvalue weighted by molar-refractivity contribution is -0.125. The summed E-state index contributed by atoms with van der Waals surface area (Å²) in [5.41, 5.74) is 1.40. The fraction of sp³-hybridized carbons (Fsp3) is 0.556. The Morgan fingerprint density at radius 3 is 3.05 bits per heavy atom. The third-order valence-electron chi connectivity index (χ3n) is 4.64. The van der Waals surface area contributed by atoms with Crippen LogP contribution in [0.4, 0.5) is 5.82 Å². The molecule has 4 nitrogen and oxygen atoms in total. The maximum Gasteiger partial charge on any atom is 0.225 e. The third-order valence-corrected chi connectivity index (χ3v) is 4.64. The van der Waals surface area contributed by atoms with Crippen molar-refractivity contribution in [2.24, 2.45) is 5.92 Å². The topological polar surface area (TPSA) is 45.2 Å². The summed E-state index contributed by atoms with van der Waals surface area (Å²) in [6, 6.07) is 5.95. The highest BCUT2D eigenvalue weighted by Gasteiger charge is 2.26. The number of nitrogens with one attached hydrogen (secondary N) is 1. The molecule has 0 saturated carbocycles. The Morgan fingerprint density at radius 1 is 1.32 bits per heavy atom. The predicted octanol–water partition coefficient (Wildman–Crippen LogP) is 2.91. The van der Waals surface area contributed by atoms with Gasteiger partial charge in [0.25, 0.3) is 0 Å². The number of allylic oxidation sites excluding steroid dienone is 1. The Kier molecular flexibility index (Phi) is 5.09. The van der Waals surface area contributed by atoms with Gasteiger partial charge >= 0.3 is 0 Å². The molecule has 0 spiro atoms. The molecule has 1 aromatic rings. The summed E-state index contributed by atoms with van der Waals surface area (Å²) in [7, 11) is 0. The van der Waals surface area contributed by atoms with Crippen LogP contribution in [0.2, 0.25) is 0 Å². The molecule has 1 aromatic heterocycles. The Bertz CT molecular complexity index is 526. The number of pyridine rings is 1. The Morgan fingerprint density at radius 2 is 2.27 bits per heavy atom. The normalized spacial score (nSPS) is 22.1. The predicted molar refractivity (Wildman–Crippen MR) is 88.7 cm³/mol. The molecule has 1 atom stereocenters. The van der Waals surface area contributed by atoms with E-state index >= 15 is 0 Å². The number of rotatable bonds is 4. The molecule has 1 unspecified atom stereocenters. The molecule has 0 bridgehead atoms. The van der Waals surface area contributed by atoms with Crippen molar-refractivity contribution < 1.29 is 4.79 Å². The molecule has 1 aliphatic carbocycles. The van der Waals surface area contributed by atoms with Crippen molar-refractivity contribution in [3.63, 3.8) is 0 Å². The van der Waals surface area contributed by atoms with Crippen molar-refractivity contribution in [2.75, 3.05) is 24.5 Å². The summed E-state index contributed by atoms with van der Waals surface area (Å²) < 4.78 is 0. The van der Waals surface area contributed by atoms with Crippen LogP contribution < -0.4 is 10.2 Å². The number of amides is 1. The zero-order valence-electron chi connectivity index (χ0n) is 13.1. The van der Waals surface area contributed by atoms with E-state index in [0.717, 1.165) is 44.7 Å². The lowest BCUT2D eigenvalue weighted by Crippen LogP contribution is -2.43. The first-order chi connectivity index (χ1) is 10.8. The minimum absolute atomic E-state index is 0.0833. The molecule has 3 rings (SSSR count). The summed E-state index contributed by atoms with van der Waals surface area (Å²) in [4.78, 5) is 19.1. The van der Waals surface area contributed by atoms with Gasteiger partial charge < -0.3 is 10.2 Å². The van der Waals surface area contributed by atoms with Gasteiger partial charge in [0, 0.05) is 25.8 Å². The van der Waals surface area contributed by atoms with Crippen LogP contribution >= 0.6 is 0 Å². The van der Waals surface area contributed by atoms with Crippen molar-refractivity contribution in [1.82, 2.24) is 10.3 Å². The van der Waals surface area contributed by atoms with Crippen LogP contribution in [-0.4, -0.2) is 30.5 Å². The van der Waals surface area contributed by atoms with E-state index in [9.17, 15) is 4.79 Å². The van der Waals surface area contributed by atoms with Crippen molar-refractivity contribution in [3.05, 3.63) is 36.0 Å². The molecule has 118 valence electrons. The largest absolute Gasteiger partial charge is 0.356 e. The van der Waals surface area contributed by atoms with E-state index in [2.05, 4.69) is 21.3 Å². The lowest BCUT2D eigenvalue weighted by Gasteiger charge is -2.33. The second-order valence-corrected chi connectivity index (χ2v) is 6.30. The maximum absolute atomic E-state index is 12.4. The van der Waals surface area contributed by atoms with Gasteiger partial charge in [0.15, 0.2) is 0 Å². The van der Waals surface area contributed by atoms with Crippen LogP contribution in [0.25, 0.3) is 0 Å². The molecular weight excluding hydrogens is 274 g/mol. The number of nitrogens with zero attached hydrogens (tertiary/aromatic N) is 2. The molecule has 0 radical (unpaired) electrons. The third kappa shape index (κ3) is 3.87. The summed E-state index contributed by atoms with van der Waals surface area (Å²) >= 11 is 0. The summed E-state index contributed by atoms with van der Waals surface area (Å²) in [5.74, 6) is 1.27. The molecule has 1 N–H and O–H groups in total. The molecule has 1 saturated heterocycles. The standard InChI is InChI=1S/C18H25N3O/c22-18(20-13-15-7-2-1-3-8-15)16-9-6-12-21(14-16)17-10-4-5-11-19-17/h4-5,7,10-11,16H,1-3,6,8-9,12-14H2,(H,20,22). The molecule has 1 fully saturated rings. The van der Waals surface area contributed by atoms with Gasteiger partial charge in [-0.3, -0.25) is 4.79 Å². The van der Waals surface area contributed by atoms with Crippen molar-refractivity contribution in [2.45, 2.75) is 38.5 Å². The molecule has 0 aromatic carbocycles. The highest BCUT2D eigenvalue weighted by Crippen LogP contribution is 2.22. The van der Waals surface area contributed by atoms with Gasteiger partial charge in [0.05, 0.1) is 5.92 Å². The highest BCUT2D eigenvalue weighted by molar-refractivity contribution is 5.79. The zero-order chi connectivity index (χ0) is 15.2. The fourth-order valence-electron chi connectivity index (χ4n) is 3.35. The quantitative estimate of drug-likeness (QED) is 0.870. The Hall–Kier alpha value is -1.84. The van der Waals surface area contributed by atoms with Crippen LogP contribution in [0.1, 0.15) is 38.5 Å². The van der Waals surface area contributed by atoms with E-state index in [1.54, 1.807) is 0 Å². The van der Waals surface area contributed by atoms with Gasteiger partial charge in [0.1, 0.15) is 5.82 Å². The number of piperidine rings is 1. The second kappa shape index (κ2) is 7.43. The number of hydrogen-bond acceptors (Lipinski definition) is 3. The number of hydrogen-bond donors (Lipinski definition) is 1. The molecule has 1 amide bonds. The van der Waals surface area contributed by atoms with Crippen LogP contribution in [0, 0.1) is 5.92 Å². The van der Waals surface area contributed by atoms with Gasteiger partial charge in [-0.15, -0.1) is 0 Å². The highest BCUT2D eigenvalue weighted by atomic mass is 16.1. The number of aromatic nitrogens is 1. The fourth-order valence-corrected chi connectivity index (χ4v) is 3.35. The van der Waals surface area contributed by atoms with E-state index in [0.29, 0.717) is 0 Å². The number of anilines is 1.